The summed E-state index contributed by atoms with van der Waals surface area (Å²) in [6.07, 6.45) is 2.50. The van der Waals surface area contributed by atoms with Gasteiger partial charge in [0.25, 0.3) is 5.91 Å². The number of amides is 1. The van der Waals surface area contributed by atoms with E-state index in [1.807, 2.05) is 0 Å². The number of hydrogen-bond acceptors (Lipinski definition) is 4. The van der Waals surface area contributed by atoms with Crippen LogP contribution >= 0.6 is 0 Å². The number of nitrogens with one attached hydrogen (secondary N) is 2. The summed E-state index contributed by atoms with van der Waals surface area (Å²) in [5.74, 6) is 0.0519. The molecular formula is C14H29N3O2. The summed E-state index contributed by atoms with van der Waals surface area (Å²) in [5.41, 5.74) is -0.611. The fourth-order valence-electron chi connectivity index (χ4n) is 2.56. The van der Waals surface area contributed by atoms with E-state index in [1.165, 1.54) is 0 Å². The Morgan fingerprint density at radius 3 is 2.47 bits per heavy atom. The minimum absolute atomic E-state index is 0.0519. The number of ether oxygens (including phenoxy) is 1. The Bertz CT molecular complexity index is 261. The fourth-order valence-corrected chi connectivity index (χ4v) is 2.56. The van der Waals surface area contributed by atoms with Crippen molar-refractivity contribution in [2.24, 2.45) is 0 Å². The Kier molecular flexibility index (Phi) is 7.34. The van der Waals surface area contributed by atoms with E-state index in [9.17, 15) is 4.79 Å². The van der Waals surface area contributed by atoms with Crippen LogP contribution in [0.15, 0.2) is 0 Å². The smallest absolute Gasteiger partial charge is 0.252 e. The number of hydrogen-bond donors (Lipinski definition) is 2. The number of piperidine rings is 1. The van der Waals surface area contributed by atoms with Crippen molar-refractivity contribution in [2.45, 2.75) is 38.7 Å². The summed E-state index contributed by atoms with van der Waals surface area (Å²) >= 11 is 0. The molecule has 1 fully saturated rings. The van der Waals surface area contributed by atoms with E-state index < -0.39 is 5.60 Å². The Morgan fingerprint density at radius 2 is 1.95 bits per heavy atom. The van der Waals surface area contributed by atoms with Gasteiger partial charge in [0, 0.05) is 13.7 Å². The van der Waals surface area contributed by atoms with Crippen molar-refractivity contribution < 1.29 is 9.53 Å². The van der Waals surface area contributed by atoms with Crippen LogP contribution in [-0.2, 0) is 9.53 Å². The van der Waals surface area contributed by atoms with Gasteiger partial charge in [-0.1, -0.05) is 13.8 Å². The van der Waals surface area contributed by atoms with Crippen LogP contribution in [0, 0.1) is 0 Å². The van der Waals surface area contributed by atoms with Gasteiger partial charge >= 0.3 is 0 Å². The number of carbonyl (C=O) groups is 1. The molecule has 0 radical (unpaired) electrons. The molecule has 1 amide bonds. The maximum Gasteiger partial charge on any atom is 0.252 e. The van der Waals surface area contributed by atoms with Gasteiger partial charge in [-0.15, -0.1) is 0 Å². The molecule has 1 aliphatic rings. The number of carbonyl (C=O) groups excluding carboxylic acids is 1. The van der Waals surface area contributed by atoms with Crippen molar-refractivity contribution in [1.82, 2.24) is 15.5 Å². The van der Waals surface area contributed by atoms with E-state index in [0.29, 0.717) is 0 Å². The predicted molar refractivity (Wildman–Crippen MR) is 77.3 cm³/mol. The van der Waals surface area contributed by atoms with Crippen LogP contribution in [0.3, 0.4) is 0 Å². The monoisotopic (exact) mass is 271 g/mol. The summed E-state index contributed by atoms with van der Waals surface area (Å²) in [7, 11) is 1.64. The average Bonchev–Trinajstić information content (AvgIpc) is 2.47. The van der Waals surface area contributed by atoms with Crippen LogP contribution in [0.25, 0.3) is 0 Å². The lowest BCUT2D eigenvalue weighted by Crippen LogP contribution is -2.54. The van der Waals surface area contributed by atoms with Crippen molar-refractivity contribution in [3.63, 3.8) is 0 Å². The molecule has 1 saturated heterocycles. The second-order valence-electron chi connectivity index (χ2n) is 5.08. The topological polar surface area (TPSA) is 53.6 Å². The summed E-state index contributed by atoms with van der Waals surface area (Å²) in [6, 6.07) is 0. The normalized spacial score (nSPS) is 18.5. The molecule has 2 N–H and O–H groups in total. The fraction of sp³-hybridized carbons (Fsp3) is 0.929. The zero-order chi connectivity index (χ0) is 14.1. The van der Waals surface area contributed by atoms with Gasteiger partial charge in [-0.05, 0) is 52.0 Å². The van der Waals surface area contributed by atoms with Crippen molar-refractivity contribution in [3.05, 3.63) is 0 Å². The van der Waals surface area contributed by atoms with E-state index in [1.54, 1.807) is 7.11 Å². The lowest BCUT2D eigenvalue weighted by molar-refractivity contribution is -0.146. The second kappa shape index (κ2) is 8.51. The largest absolute Gasteiger partial charge is 0.368 e. The van der Waals surface area contributed by atoms with E-state index in [4.69, 9.17) is 4.74 Å². The quantitative estimate of drug-likeness (QED) is 0.635. The first-order chi connectivity index (χ1) is 9.18. The first-order valence-electron chi connectivity index (χ1n) is 7.45. The molecule has 1 rings (SSSR count). The van der Waals surface area contributed by atoms with Crippen molar-refractivity contribution in [2.75, 3.05) is 46.4 Å². The van der Waals surface area contributed by atoms with Gasteiger partial charge in [-0.3, -0.25) is 4.79 Å². The predicted octanol–water partition coefficient (Wildman–Crippen LogP) is 0.603. The second-order valence-corrected chi connectivity index (χ2v) is 5.08. The van der Waals surface area contributed by atoms with Crippen molar-refractivity contribution >= 4 is 5.91 Å². The minimum Gasteiger partial charge on any atom is -0.368 e. The Morgan fingerprint density at radius 1 is 1.32 bits per heavy atom. The number of rotatable bonds is 8. The minimum atomic E-state index is -0.611. The van der Waals surface area contributed by atoms with Crippen LogP contribution in [0.2, 0.25) is 0 Å². The first-order valence-corrected chi connectivity index (χ1v) is 7.45. The van der Waals surface area contributed by atoms with Crippen LogP contribution in [0.4, 0.5) is 0 Å². The van der Waals surface area contributed by atoms with Gasteiger partial charge in [-0.25, -0.2) is 0 Å². The van der Waals surface area contributed by atoms with E-state index in [0.717, 1.165) is 58.5 Å². The summed E-state index contributed by atoms with van der Waals surface area (Å²) in [4.78, 5) is 14.6. The third kappa shape index (κ3) is 4.75. The molecule has 0 bridgehead atoms. The maximum atomic E-state index is 12.3. The molecule has 0 spiro atoms. The summed E-state index contributed by atoms with van der Waals surface area (Å²) < 4.78 is 5.50. The van der Waals surface area contributed by atoms with Crippen molar-refractivity contribution in [1.29, 1.82) is 0 Å². The molecule has 112 valence electrons. The summed E-state index contributed by atoms with van der Waals surface area (Å²) in [5, 5.41) is 6.29. The summed E-state index contributed by atoms with van der Waals surface area (Å²) in [6.45, 7) is 9.93. The maximum absolute atomic E-state index is 12.3. The van der Waals surface area contributed by atoms with Crippen LogP contribution in [0.1, 0.15) is 33.1 Å². The van der Waals surface area contributed by atoms with Crippen LogP contribution in [-0.4, -0.2) is 62.8 Å². The lowest BCUT2D eigenvalue weighted by atomic mass is 9.91. The lowest BCUT2D eigenvalue weighted by Gasteiger charge is -2.34. The SMILES string of the molecule is CCN(CC)CCCNC(=O)C1(OC)CCNCC1. The molecular weight excluding hydrogens is 242 g/mol. The zero-order valence-corrected chi connectivity index (χ0v) is 12.6. The van der Waals surface area contributed by atoms with E-state index in [-0.39, 0.29) is 5.91 Å². The Hall–Kier alpha value is -0.650. The first kappa shape index (κ1) is 16.4. The van der Waals surface area contributed by atoms with Crippen LogP contribution < -0.4 is 10.6 Å². The highest BCUT2D eigenvalue weighted by atomic mass is 16.5. The molecule has 5 nitrogen and oxygen atoms in total. The van der Waals surface area contributed by atoms with Gasteiger partial charge in [0.2, 0.25) is 0 Å². The molecule has 5 heteroatoms. The standard InChI is InChI=1S/C14H29N3O2/c1-4-17(5-2)12-6-9-16-13(18)14(19-3)7-10-15-11-8-14/h15H,4-12H2,1-3H3,(H,16,18). The number of methoxy groups -OCH3 is 1. The molecule has 19 heavy (non-hydrogen) atoms. The Balaban J connectivity index is 2.29. The molecule has 0 aliphatic carbocycles. The van der Waals surface area contributed by atoms with Gasteiger partial charge in [-0.2, -0.15) is 0 Å². The molecule has 0 saturated carbocycles. The molecule has 0 aromatic rings. The molecule has 1 heterocycles. The van der Waals surface area contributed by atoms with Crippen molar-refractivity contribution in [3.8, 4) is 0 Å². The van der Waals surface area contributed by atoms with Gasteiger partial charge in [0.05, 0.1) is 0 Å². The molecule has 1 aliphatic heterocycles. The highest BCUT2D eigenvalue weighted by Gasteiger charge is 2.39. The molecule has 0 aromatic carbocycles. The number of nitrogens with zero attached hydrogens (tertiary/aromatic N) is 1. The van der Waals surface area contributed by atoms with Gasteiger partial charge < -0.3 is 20.3 Å². The van der Waals surface area contributed by atoms with E-state index >= 15 is 0 Å². The zero-order valence-electron chi connectivity index (χ0n) is 12.6. The Labute approximate surface area is 117 Å². The highest BCUT2D eigenvalue weighted by Crippen LogP contribution is 2.22. The van der Waals surface area contributed by atoms with Gasteiger partial charge in [0.15, 0.2) is 0 Å². The molecule has 0 unspecified atom stereocenters. The molecule has 0 atom stereocenters. The third-order valence-corrected chi connectivity index (χ3v) is 4.05. The van der Waals surface area contributed by atoms with Crippen LogP contribution in [0.5, 0.6) is 0 Å². The third-order valence-electron chi connectivity index (χ3n) is 4.05. The molecule has 0 aromatic heterocycles. The highest BCUT2D eigenvalue weighted by molar-refractivity contribution is 5.85. The van der Waals surface area contributed by atoms with E-state index in [2.05, 4.69) is 29.4 Å². The van der Waals surface area contributed by atoms with Gasteiger partial charge in [0.1, 0.15) is 5.60 Å². The average molecular weight is 271 g/mol.